The van der Waals surface area contributed by atoms with Crippen molar-refractivity contribution in [3.8, 4) is 0 Å². The van der Waals surface area contributed by atoms with Gasteiger partial charge in [-0.1, -0.05) is 0 Å². The summed E-state index contributed by atoms with van der Waals surface area (Å²) < 4.78 is 26.8. The molecule has 4 heteroatoms. The zero-order chi connectivity index (χ0) is 12.4. The number of hydrogen-bond donors (Lipinski definition) is 2. The fourth-order valence-corrected chi connectivity index (χ4v) is 1.46. The number of hydrogen-bond acceptors (Lipinski definition) is 2. The molecule has 17 heavy (non-hydrogen) atoms. The topological polar surface area (TPSA) is 38.0 Å². The van der Waals surface area contributed by atoms with E-state index in [1.54, 1.807) is 24.3 Å². The second kappa shape index (κ2) is 4.41. The van der Waals surface area contributed by atoms with Crippen molar-refractivity contribution in [3.63, 3.8) is 0 Å². The van der Waals surface area contributed by atoms with Crippen LogP contribution in [0.25, 0.3) is 0 Å². The number of halogens is 2. The molecule has 0 heterocycles. The molecule has 0 unspecified atom stereocenters. The predicted octanol–water partition coefficient (Wildman–Crippen LogP) is 3.60. The van der Waals surface area contributed by atoms with Crippen LogP contribution in [0, 0.1) is 18.6 Å². The van der Waals surface area contributed by atoms with E-state index in [-0.39, 0.29) is 11.3 Å². The van der Waals surface area contributed by atoms with Crippen molar-refractivity contribution in [1.29, 1.82) is 0 Å². The van der Waals surface area contributed by atoms with Gasteiger partial charge in [0.25, 0.3) is 0 Å². The molecule has 0 saturated carbocycles. The van der Waals surface area contributed by atoms with Crippen molar-refractivity contribution >= 4 is 17.1 Å². The summed E-state index contributed by atoms with van der Waals surface area (Å²) in [7, 11) is 0. The lowest BCUT2D eigenvalue weighted by atomic mass is 10.2. The van der Waals surface area contributed by atoms with E-state index in [1.807, 2.05) is 0 Å². The van der Waals surface area contributed by atoms with Gasteiger partial charge < -0.3 is 11.1 Å². The van der Waals surface area contributed by atoms with Gasteiger partial charge in [0.15, 0.2) is 0 Å². The van der Waals surface area contributed by atoms with Gasteiger partial charge in [-0.05, 0) is 42.8 Å². The first-order valence-corrected chi connectivity index (χ1v) is 5.14. The molecule has 0 amide bonds. The maximum Gasteiger partial charge on any atom is 0.147 e. The van der Waals surface area contributed by atoms with Crippen molar-refractivity contribution in [2.45, 2.75) is 6.92 Å². The molecular weight excluding hydrogens is 222 g/mol. The van der Waals surface area contributed by atoms with E-state index in [4.69, 9.17) is 5.73 Å². The molecule has 0 radical (unpaired) electrons. The van der Waals surface area contributed by atoms with E-state index in [9.17, 15) is 8.78 Å². The average Bonchev–Trinajstić information content (AvgIpc) is 2.29. The molecule has 0 aliphatic rings. The second-order valence-electron chi connectivity index (χ2n) is 3.83. The Kier molecular flexibility index (Phi) is 2.95. The zero-order valence-electron chi connectivity index (χ0n) is 9.30. The fourth-order valence-electron chi connectivity index (χ4n) is 1.46. The Morgan fingerprint density at radius 3 is 2.29 bits per heavy atom. The molecule has 0 aliphatic heterocycles. The van der Waals surface area contributed by atoms with Gasteiger partial charge in [-0.25, -0.2) is 8.78 Å². The zero-order valence-corrected chi connectivity index (χ0v) is 9.30. The lowest BCUT2D eigenvalue weighted by Crippen LogP contribution is -1.96. The molecule has 0 fully saturated rings. The first kappa shape index (κ1) is 11.4. The summed E-state index contributed by atoms with van der Waals surface area (Å²) in [5.74, 6) is -0.926. The van der Waals surface area contributed by atoms with Crippen molar-refractivity contribution < 1.29 is 8.78 Å². The predicted molar refractivity (Wildman–Crippen MR) is 65.2 cm³/mol. The van der Waals surface area contributed by atoms with Crippen LogP contribution in [0.1, 0.15) is 5.56 Å². The van der Waals surface area contributed by atoms with Crippen molar-refractivity contribution in [1.82, 2.24) is 0 Å². The van der Waals surface area contributed by atoms with Crippen molar-refractivity contribution in [3.05, 3.63) is 53.6 Å². The van der Waals surface area contributed by atoms with Gasteiger partial charge in [-0.3, -0.25) is 0 Å². The first-order chi connectivity index (χ1) is 8.06. The minimum Gasteiger partial charge on any atom is -0.399 e. The maximum atomic E-state index is 13.5. The van der Waals surface area contributed by atoms with Crippen LogP contribution in [-0.4, -0.2) is 0 Å². The van der Waals surface area contributed by atoms with Crippen LogP contribution in [0.4, 0.5) is 25.8 Å². The Morgan fingerprint density at radius 1 is 1.00 bits per heavy atom. The van der Waals surface area contributed by atoms with Gasteiger partial charge in [-0.2, -0.15) is 0 Å². The molecule has 0 bridgehead atoms. The molecule has 88 valence electrons. The Hall–Kier alpha value is -2.10. The van der Waals surface area contributed by atoms with Crippen LogP contribution in [0.2, 0.25) is 0 Å². The van der Waals surface area contributed by atoms with Crippen LogP contribution in [0.5, 0.6) is 0 Å². The van der Waals surface area contributed by atoms with E-state index in [0.29, 0.717) is 11.4 Å². The summed E-state index contributed by atoms with van der Waals surface area (Å²) in [5.41, 5.74) is 7.19. The van der Waals surface area contributed by atoms with Gasteiger partial charge in [0, 0.05) is 17.4 Å². The highest BCUT2D eigenvalue weighted by Gasteiger charge is 2.07. The van der Waals surface area contributed by atoms with Gasteiger partial charge >= 0.3 is 0 Å². The highest BCUT2D eigenvalue weighted by atomic mass is 19.1. The fraction of sp³-hybridized carbons (Fsp3) is 0.0769. The molecule has 0 aliphatic carbocycles. The molecule has 0 saturated heterocycles. The summed E-state index contributed by atoms with van der Waals surface area (Å²) in [6, 6.07) is 9.07. The lowest BCUT2D eigenvalue weighted by Gasteiger charge is -2.09. The number of rotatable bonds is 2. The van der Waals surface area contributed by atoms with Gasteiger partial charge in [0.05, 0.1) is 5.69 Å². The molecule has 3 N–H and O–H groups in total. The molecule has 2 aromatic rings. The minimum atomic E-state index is -0.485. The summed E-state index contributed by atoms with van der Waals surface area (Å²) in [6.07, 6.45) is 0. The van der Waals surface area contributed by atoms with E-state index in [2.05, 4.69) is 5.32 Å². The quantitative estimate of drug-likeness (QED) is 0.779. The number of benzene rings is 2. The molecule has 2 aromatic carbocycles. The Balaban J connectivity index is 2.30. The highest BCUT2D eigenvalue weighted by molar-refractivity contribution is 5.62. The number of aryl methyl sites for hydroxylation is 1. The van der Waals surface area contributed by atoms with Crippen LogP contribution >= 0.6 is 0 Å². The summed E-state index contributed by atoms with van der Waals surface area (Å²) >= 11 is 0. The van der Waals surface area contributed by atoms with Crippen LogP contribution < -0.4 is 11.1 Å². The van der Waals surface area contributed by atoms with Crippen molar-refractivity contribution in [2.24, 2.45) is 0 Å². The van der Waals surface area contributed by atoms with Crippen molar-refractivity contribution in [2.75, 3.05) is 11.1 Å². The normalized spacial score (nSPS) is 10.3. The van der Waals surface area contributed by atoms with Gasteiger partial charge in [0.2, 0.25) is 0 Å². The average molecular weight is 234 g/mol. The monoisotopic (exact) mass is 234 g/mol. The molecule has 2 rings (SSSR count). The van der Waals surface area contributed by atoms with E-state index >= 15 is 0 Å². The third kappa shape index (κ3) is 2.53. The summed E-state index contributed by atoms with van der Waals surface area (Å²) in [5, 5.41) is 2.80. The molecule has 0 aromatic heterocycles. The number of nitrogens with two attached hydrogens (primary N) is 1. The smallest absolute Gasteiger partial charge is 0.147 e. The first-order valence-electron chi connectivity index (χ1n) is 5.14. The van der Waals surface area contributed by atoms with E-state index < -0.39 is 11.6 Å². The van der Waals surface area contributed by atoms with E-state index in [0.717, 1.165) is 12.1 Å². The minimum absolute atomic E-state index is 0.109. The largest absolute Gasteiger partial charge is 0.399 e. The molecule has 0 atom stereocenters. The Bertz CT molecular complexity index is 536. The Labute approximate surface area is 98.1 Å². The van der Waals surface area contributed by atoms with E-state index in [1.165, 1.54) is 6.92 Å². The molecule has 2 nitrogen and oxygen atoms in total. The third-order valence-corrected chi connectivity index (χ3v) is 2.44. The maximum absolute atomic E-state index is 13.5. The van der Waals surface area contributed by atoms with Gasteiger partial charge in [0.1, 0.15) is 11.6 Å². The second-order valence-corrected chi connectivity index (χ2v) is 3.83. The standard InChI is InChI=1S/C13H12F2N2/c1-8-6-12(15)13(7-11(8)14)17-10-4-2-9(16)3-5-10/h2-7,17H,16H2,1H3. The van der Waals surface area contributed by atoms with Gasteiger partial charge in [-0.15, -0.1) is 0 Å². The van der Waals surface area contributed by atoms with Crippen LogP contribution in [0.3, 0.4) is 0 Å². The summed E-state index contributed by atoms with van der Waals surface area (Å²) in [4.78, 5) is 0. The number of anilines is 3. The summed E-state index contributed by atoms with van der Waals surface area (Å²) in [6.45, 7) is 1.52. The SMILES string of the molecule is Cc1cc(F)c(Nc2ccc(N)cc2)cc1F. The Morgan fingerprint density at radius 2 is 1.65 bits per heavy atom. The lowest BCUT2D eigenvalue weighted by molar-refractivity contribution is 0.595. The number of nitrogen functional groups attached to an aromatic ring is 1. The number of nitrogens with one attached hydrogen (secondary N) is 1. The van der Waals surface area contributed by atoms with Crippen LogP contribution in [-0.2, 0) is 0 Å². The molecular formula is C13H12F2N2. The highest BCUT2D eigenvalue weighted by Crippen LogP contribution is 2.23. The van der Waals surface area contributed by atoms with Crippen LogP contribution in [0.15, 0.2) is 36.4 Å². The third-order valence-electron chi connectivity index (χ3n) is 2.44. The molecule has 0 spiro atoms.